The van der Waals surface area contributed by atoms with Gasteiger partial charge in [0.25, 0.3) is 0 Å². The first-order chi connectivity index (χ1) is 12.8. The van der Waals surface area contributed by atoms with E-state index in [1.165, 1.54) is 30.2 Å². The summed E-state index contributed by atoms with van der Waals surface area (Å²) in [7, 11) is -3.53. The number of fused-ring (bicyclic) bond motifs is 1. The Morgan fingerprint density at radius 2 is 2.15 bits per heavy atom. The number of carbonyl (C=O) groups excluding carboxylic acids is 1. The van der Waals surface area contributed by atoms with Gasteiger partial charge in [-0.3, -0.25) is 9.52 Å². The van der Waals surface area contributed by atoms with Crippen molar-refractivity contribution in [2.75, 3.05) is 21.5 Å². The third kappa shape index (κ3) is 4.48. The predicted molar refractivity (Wildman–Crippen MR) is 108 cm³/mol. The molecule has 0 radical (unpaired) electrons. The summed E-state index contributed by atoms with van der Waals surface area (Å²) < 4.78 is 26.4. The molecule has 144 valence electrons. The number of anilines is 2. The second kappa shape index (κ2) is 8.22. The fourth-order valence-corrected chi connectivity index (χ4v) is 5.44. The van der Waals surface area contributed by atoms with Gasteiger partial charge in [0.05, 0.1) is 38.8 Å². The molecule has 3 rings (SSSR count). The number of hydrogen-bond donors (Lipinski definition) is 2. The number of amides is 1. The normalized spacial score (nSPS) is 16.0. The van der Waals surface area contributed by atoms with Crippen LogP contribution in [0.5, 0.6) is 0 Å². The first-order valence-electron chi connectivity index (χ1n) is 8.04. The smallest absolute Gasteiger partial charge is 0.234 e. The first-order valence-corrected chi connectivity index (χ1v) is 11.4. The van der Waals surface area contributed by atoms with Crippen molar-refractivity contribution in [3.8, 4) is 0 Å². The minimum absolute atomic E-state index is 0.0316. The molecule has 1 amide bonds. The first kappa shape index (κ1) is 20.2. The van der Waals surface area contributed by atoms with Gasteiger partial charge in [0.15, 0.2) is 0 Å². The highest BCUT2D eigenvalue weighted by molar-refractivity contribution is 7.99. The quantitative estimate of drug-likeness (QED) is 0.699. The fourth-order valence-electron chi connectivity index (χ4n) is 2.59. The lowest BCUT2D eigenvalue weighted by molar-refractivity contribution is -0.117. The summed E-state index contributed by atoms with van der Waals surface area (Å²) >= 11 is 14.0. The number of halogens is 2. The van der Waals surface area contributed by atoms with Crippen molar-refractivity contribution in [1.82, 2.24) is 9.97 Å². The van der Waals surface area contributed by atoms with E-state index in [4.69, 9.17) is 23.2 Å². The van der Waals surface area contributed by atoms with Crippen LogP contribution in [0.15, 0.2) is 29.6 Å². The fraction of sp³-hybridized carbons (Fsp3) is 0.312. The molecular formula is C16H16Cl2N4O3S2. The zero-order valence-electron chi connectivity index (χ0n) is 14.2. The monoisotopic (exact) mass is 446 g/mol. The molecular weight excluding hydrogens is 431 g/mol. The number of carbonyl (C=O) groups is 1. The van der Waals surface area contributed by atoms with Gasteiger partial charge in [-0.15, -0.1) is 11.8 Å². The lowest BCUT2D eigenvalue weighted by Gasteiger charge is -2.16. The van der Waals surface area contributed by atoms with Crippen molar-refractivity contribution >= 4 is 62.3 Å². The molecule has 1 atom stereocenters. The Hall–Kier alpha value is -1.55. The summed E-state index contributed by atoms with van der Waals surface area (Å²) in [4.78, 5) is 21.7. The molecule has 1 aliphatic heterocycles. The van der Waals surface area contributed by atoms with Crippen LogP contribution in [0.3, 0.4) is 0 Å². The molecule has 0 bridgehead atoms. The summed E-state index contributed by atoms with van der Waals surface area (Å²) in [5.74, 6) is -0.306. The molecule has 27 heavy (non-hydrogen) atoms. The van der Waals surface area contributed by atoms with Gasteiger partial charge in [-0.05, 0) is 18.6 Å². The van der Waals surface area contributed by atoms with E-state index in [1.54, 1.807) is 13.1 Å². The Labute approximate surface area is 171 Å². The Morgan fingerprint density at radius 1 is 1.37 bits per heavy atom. The number of sulfonamides is 1. The molecule has 0 aliphatic carbocycles. The van der Waals surface area contributed by atoms with Gasteiger partial charge in [0.1, 0.15) is 6.33 Å². The molecule has 2 heterocycles. The van der Waals surface area contributed by atoms with E-state index in [9.17, 15) is 13.2 Å². The molecule has 0 spiro atoms. The van der Waals surface area contributed by atoms with Gasteiger partial charge in [0, 0.05) is 16.8 Å². The van der Waals surface area contributed by atoms with Gasteiger partial charge >= 0.3 is 0 Å². The molecule has 1 aromatic carbocycles. The van der Waals surface area contributed by atoms with Crippen molar-refractivity contribution in [3.63, 3.8) is 0 Å². The highest BCUT2D eigenvalue weighted by Crippen LogP contribution is 2.40. The Morgan fingerprint density at radius 3 is 2.89 bits per heavy atom. The number of nitrogens with zero attached hydrogens (tertiary/aromatic N) is 2. The predicted octanol–water partition coefficient (Wildman–Crippen LogP) is 3.76. The van der Waals surface area contributed by atoms with Crippen LogP contribution in [0.2, 0.25) is 10.0 Å². The average molecular weight is 447 g/mol. The Bertz CT molecular complexity index is 986. The van der Waals surface area contributed by atoms with Crippen LogP contribution in [-0.2, 0) is 14.8 Å². The number of benzene rings is 1. The van der Waals surface area contributed by atoms with E-state index < -0.39 is 15.9 Å². The molecule has 11 heteroatoms. The van der Waals surface area contributed by atoms with Crippen LogP contribution >= 0.6 is 35.0 Å². The molecule has 2 aromatic rings. The molecule has 0 saturated carbocycles. The second-order valence-electron chi connectivity index (χ2n) is 5.83. The number of aromatic nitrogens is 2. The minimum Gasteiger partial charge on any atom is -0.323 e. The summed E-state index contributed by atoms with van der Waals surface area (Å²) in [6.45, 7) is 1.76. The molecule has 1 unspecified atom stereocenters. The highest BCUT2D eigenvalue weighted by atomic mass is 35.5. The SMILES string of the molecule is CCCS(=O)(=O)Nc1ccc(Cl)c(NC(=O)C2CSc3cncnc32)c1Cl. The summed E-state index contributed by atoms with van der Waals surface area (Å²) in [5.41, 5.74) is 0.973. The van der Waals surface area contributed by atoms with Crippen molar-refractivity contribution in [3.05, 3.63) is 40.4 Å². The van der Waals surface area contributed by atoms with Crippen LogP contribution in [0.1, 0.15) is 25.0 Å². The average Bonchev–Trinajstić information content (AvgIpc) is 3.05. The lowest BCUT2D eigenvalue weighted by atomic mass is 10.1. The molecule has 0 fully saturated rings. The zero-order chi connectivity index (χ0) is 19.6. The molecule has 7 nitrogen and oxygen atoms in total. The highest BCUT2D eigenvalue weighted by Gasteiger charge is 2.32. The van der Waals surface area contributed by atoms with Crippen molar-refractivity contribution in [2.24, 2.45) is 0 Å². The van der Waals surface area contributed by atoms with Gasteiger partial charge in [-0.2, -0.15) is 0 Å². The van der Waals surface area contributed by atoms with Crippen LogP contribution in [0.4, 0.5) is 11.4 Å². The van der Waals surface area contributed by atoms with Gasteiger partial charge in [-0.25, -0.2) is 18.4 Å². The van der Waals surface area contributed by atoms with E-state index in [-0.39, 0.29) is 33.1 Å². The van der Waals surface area contributed by atoms with E-state index in [0.29, 0.717) is 17.9 Å². The lowest BCUT2D eigenvalue weighted by Crippen LogP contribution is -2.22. The summed E-state index contributed by atoms with van der Waals surface area (Å²) in [5, 5.41) is 2.95. The summed E-state index contributed by atoms with van der Waals surface area (Å²) in [6.07, 6.45) is 3.53. The van der Waals surface area contributed by atoms with Crippen LogP contribution in [0.25, 0.3) is 0 Å². The maximum absolute atomic E-state index is 12.7. The Balaban J connectivity index is 1.85. The molecule has 2 N–H and O–H groups in total. The molecule has 1 aromatic heterocycles. The Kier molecular flexibility index (Phi) is 6.15. The van der Waals surface area contributed by atoms with Crippen LogP contribution < -0.4 is 10.0 Å². The number of thioether (sulfide) groups is 1. The van der Waals surface area contributed by atoms with E-state index in [0.717, 1.165) is 4.90 Å². The van der Waals surface area contributed by atoms with Crippen LogP contribution in [-0.4, -0.2) is 35.8 Å². The van der Waals surface area contributed by atoms with Gasteiger partial charge in [-0.1, -0.05) is 30.1 Å². The number of hydrogen-bond acceptors (Lipinski definition) is 6. The maximum atomic E-state index is 12.7. The largest absolute Gasteiger partial charge is 0.323 e. The second-order valence-corrected chi connectivity index (χ2v) is 9.52. The minimum atomic E-state index is -3.53. The third-order valence-electron chi connectivity index (χ3n) is 3.84. The third-order valence-corrected chi connectivity index (χ3v) is 7.15. The summed E-state index contributed by atoms with van der Waals surface area (Å²) in [6, 6.07) is 2.94. The van der Waals surface area contributed by atoms with Crippen LogP contribution in [0, 0.1) is 0 Å². The van der Waals surface area contributed by atoms with E-state index >= 15 is 0 Å². The van der Waals surface area contributed by atoms with Gasteiger partial charge in [0.2, 0.25) is 15.9 Å². The van der Waals surface area contributed by atoms with Gasteiger partial charge < -0.3 is 5.32 Å². The molecule has 1 aliphatic rings. The number of rotatable bonds is 6. The van der Waals surface area contributed by atoms with Crippen molar-refractivity contribution < 1.29 is 13.2 Å². The zero-order valence-corrected chi connectivity index (χ0v) is 17.3. The maximum Gasteiger partial charge on any atom is 0.234 e. The topological polar surface area (TPSA) is 101 Å². The molecule has 0 saturated heterocycles. The standard InChI is InChI=1S/C16H16Cl2N4O3S2/c1-2-5-27(24,25)22-11-4-3-10(17)15(13(11)18)21-16(23)9-7-26-12-6-19-8-20-14(9)12/h3-4,6,8-9,22H,2,5,7H2,1H3,(H,21,23). The number of nitrogens with one attached hydrogen (secondary N) is 2. The van der Waals surface area contributed by atoms with Crippen molar-refractivity contribution in [2.45, 2.75) is 24.2 Å². The van der Waals surface area contributed by atoms with E-state index in [1.807, 2.05) is 0 Å². The van der Waals surface area contributed by atoms with E-state index in [2.05, 4.69) is 20.0 Å². The van der Waals surface area contributed by atoms with Crippen molar-refractivity contribution in [1.29, 1.82) is 0 Å².